The molecule has 0 aliphatic carbocycles. The van der Waals surface area contributed by atoms with Gasteiger partial charge in [-0.05, 0) is 37.7 Å². The van der Waals surface area contributed by atoms with E-state index in [1.54, 1.807) is 0 Å². The number of nitrogens with one attached hydrogen (secondary N) is 2. The highest BCUT2D eigenvalue weighted by Crippen LogP contribution is 2.15. The maximum absolute atomic E-state index is 4.31. The number of aromatic amines is 1. The zero-order valence-electron chi connectivity index (χ0n) is 12.3. The van der Waals surface area contributed by atoms with Gasteiger partial charge in [0.1, 0.15) is 5.65 Å². The number of rotatable bonds is 6. The maximum atomic E-state index is 4.31. The van der Waals surface area contributed by atoms with Crippen LogP contribution in [0.5, 0.6) is 0 Å². The molecule has 1 unspecified atom stereocenters. The van der Waals surface area contributed by atoms with Crippen molar-refractivity contribution in [1.29, 1.82) is 0 Å². The van der Waals surface area contributed by atoms with E-state index in [9.17, 15) is 0 Å². The van der Waals surface area contributed by atoms with Gasteiger partial charge in [0.2, 0.25) is 0 Å². The Balaban J connectivity index is 1.95. The number of likely N-dealkylation sites (N-methyl/N-ethyl adjacent to an activating group) is 1. The van der Waals surface area contributed by atoms with Crippen LogP contribution in [0.3, 0.4) is 0 Å². The second-order valence-electron chi connectivity index (χ2n) is 5.62. The predicted molar refractivity (Wildman–Crippen MR) is 80.1 cm³/mol. The topological polar surface area (TPSA) is 44.0 Å². The molecule has 4 heteroatoms. The zero-order chi connectivity index (χ0) is 13.8. The van der Waals surface area contributed by atoms with Gasteiger partial charge in [-0.25, -0.2) is 4.98 Å². The predicted octanol–water partition coefficient (Wildman–Crippen LogP) is 2.24. The van der Waals surface area contributed by atoms with Gasteiger partial charge in [0.25, 0.3) is 0 Å². The highest BCUT2D eigenvalue weighted by atomic mass is 15.1. The van der Waals surface area contributed by atoms with Crippen LogP contribution in [0.15, 0.2) is 24.5 Å². The molecule has 0 aromatic carbocycles. The van der Waals surface area contributed by atoms with Crippen molar-refractivity contribution in [3.63, 3.8) is 0 Å². The fraction of sp³-hybridized carbons (Fsp3) is 0.533. The first kappa shape index (κ1) is 14.0. The lowest BCUT2D eigenvalue weighted by Crippen LogP contribution is -2.41. The molecule has 0 aliphatic rings. The Morgan fingerprint density at radius 2 is 2.16 bits per heavy atom. The molecule has 0 aliphatic heterocycles. The monoisotopic (exact) mass is 260 g/mol. The summed E-state index contributed by atoms with van der Waals surface area (Å²) in [6.45, 7) is 6.41. The summed E-state index contributed by atoms with van der Waals surface area (Å²) in [6.07, 6.45) is 3.86. The van der Waals surface area contributed by atoms with E-state index in [1.165, 1.54) is 10.9 Å². The van der Waals surface area contributed by atoms with Crippen LogP contribution in [-0.4, -0.2) is 41.5 Å². The molecule has 0 radical (unpaired) electrons. The second-order valence-corrected chi connectivity index (χ2v) is 5.62. The first-order valence-electron chi connectivity index (χ1n) is 6.87. The summed E-state index contributed by atoms with van der Waals surface area (Å²) in [5.74, 6) is 0.645. The number of aromatic nitrogens is 2. The fourth-order valence-corrected chi connectivity index (χ4v) is 2.53. The minimum absolute atomic E-state index is 0.559. The van der Waals surface area contributed by atoms with Crippen molar-refractivity contribution in [3.05, 3.63) is 30.1 Å². The van der Waals surface area contributed by atoms with Gasteiger partial charge < -0.3 is 15.2 Å². The number of hydrogen-bond donors (Lipinski definition) is 2. The van der Waals surface area contributed by atoms with Gasteiger partial charge in [-0.1, -0.05) is 13.8 Å². The smallest absolute Gasteiger partial charge is 0.137 e. The second kappa shape index (κ2) is 6.17. The Morgan fingerprint density at radius 3 is 2.84 bits per heavy atom. The third-order valence-corrected chi connectivity index (χ3v) is 3.64. The summed E-state index contributed by atoms with van der Waals surface area (Å²) >= 11 is 0. The quantitative estimate of drug-likeness (QED) is 0.837. The van der Waals surface area contributed by atoms with Crippen LogP contribution < -0.4 is 5.32 Å². The lowest BCUT2D eigenvalue weighted by atomic mass is 10.0. The molecule has 2 N–H and O–H groups in total. The SMILES string of the molecule is CC(C)C(CNCc1c[nH]c2ncccc12)N(C)C. The third kappa shape index (κ3) is 3.33. The van der Waals surface area contributed by atoms with Crippen molar-refractivity contribution in [2.45, 2.75) is 26.4 Å². The molecule has 19 heavy (non-hydrogen) atoms. The molecule has 2 aromatic heterocycles. The molecule has 1 atom stereocenters. The molecule has 0 amide bonds. The molecule has 2 aromatic rings. The van der Waals surface area contributed by atoms with Crippen LogP contribution in [0.25, 0.3) is 11.0 Å². The van der Waals surface area contributed by atoms with E-state index in [2.05, 4.69) is 54.2 Å². The molecular formula is C15H24N4. The first-order chi connectivity index (χ1) is 9.09. The van der Waals surface area contributed by atoms with Crippen molar-refractivity contribution >= 4 is 11.0 Å². The van der Waals surface area contributed by atoms with Gasteiger partial charge in [-0.2, -0.15) is 0 Å². The van der Waals surface area contributed by atoms with Gasteiger partial charge in [-0.15, -0.1) is 0 Å². The van der Waals surface area contributed by atoms with Gasteiger partial charge in [0, 0.05) is 36.9 Å². The lowest BCUT2D eigenvalue weighted by molar-refractivity contribution is 0.224. The number of hydrogen-bond acceptors (Lipinski definition) is 3. The Kier molecular flexibility index (Phi) is 4.56. The number of nitrogens with zero attached hydrogens (tertiary/aromatic N) is 2. The highest BCUT2D eigenvalue weighted by molar-refractivity contribution is 5.79. The Hall–Kier alpha value is -1.39. The van der Waals surface area contributed by atoms with Crippen LogP contribution in [0.2, 0.25) is 0 Å². The molecule has 104 valence electrons. The van der Waals surface area contributed by atoms with E-state index in [1.807, 2.05) is 18.5 Å². The van der Waals surface area contributed by atoms with Crippen molar-refractivity contribution < 1.29 is 0 Å². The normalized spacial score (nSPS) is 13.6. The molecule has 0 spiro atoms. The van der Waals surface area contributed by atoms with Crippen LogP contribution in [0, 0.1) is 5.92 Å². The van der Waals surface area contributed by atoms with Gasteiger partial charge in [0.05, 0.1) is 0 Å². The number of H-pyrrole nitrogens is 1. The Morgan fingerprint density at radius 1 is 1.37 bits per heavy atom. The van der Waals surface area contributed by atoms with Crippen molar-refractivity contribution in [2.24, 2.45) is 5.92 Å². The molecule has 0 saturated carbocycles. The Labute approximate surface area is 115 Å². The average molecular weight is 260 g/mol. The van der Waals surface area contributed by atoms with E-state index in [-0.39, 0.29) is 0 Å². The van der Waals surface area contributed by atoms with E-state index < -0.39 is 0 Å². The van der Waals surface area contributed by atoms with Crippen molar-refractivity contribution in [1.82, 2.24) is 20.2 Å². The molecule has 2 rings (SSSR count). The number of fused-ring (bicyclic) bond motifs is 1. The first-order valence-corrected chi connectivity index (χ1v) is 6.87. The van der Waals surface area contributed by atoms with E-state index in [4.69, 9.17) is 0 Å². The largest absolute Gasteiger partial charge is 0.346 e. The average Bonchev–Trinajstić information content (AvgIpc) is 2.77. The Bertz CT molecular complexity index is 508. The standard InChI is InChI=1S/C15H24N4/c1-11(2)14(19(3)4)10-16-8-12-9-18-15-13(12)6-5-7-17-15/h5-7,9,11,14,16H,8,10H2,1-4H3,(H,17,18). The summed E-state index contributed by atoms with van der Waals surface area (Å²) in [7, 11) is 4.28. The van der Waals surface area contributed by atoms with Gasteiger partial charge in [-0.3, -0.25) is 0 Å². The van der Waals surface area contributed by atoms with E-state index in [0.29, 0.717) is 12.0 Å². The van der Waals surface area contributed by atoms with Gasteiger partial charge in [0.15, 0.2) is 0 Å². The third-order valence-electron chi connectivity index (χ3n) is 3.64. The van der Waals surface area contributed by atoms with Crippen LogP contribution in [0.4, 0.5) is 0 Å². The minimum atomic E-state index is 0.559. The van der Waals surface area contributed by atoms with Gasteiger partial charge >= 0.3 is 0 Å². The fourth-order valence-electron chi connectivity index (χ4n) is 2.53. The number of pyridine rings is 1. The van der Waals surface area contributed by atoms with E-state index >= 15 is 0 Å². The molecule has 0 saturated heterocycles. The summed E-state index contributed by atoms with van der Waals surface area (Å²) in [5.41, 5.74) is 2.25. The van der Waals surface area contributed by atoms with Crippen LogP contribution in [-0.2, 0) is 6.54 Å². The summed E-state index contributed by atoms with van der Waals surface area (Å²) in [4.78, 5) is 9.81. The summed E-state index contributed by atoms with van der Waals surface area (Å²) in [6, 6.07) is 4.65. The molecule has 0 bridgehead atoms. The highest BCUT2D eigenvalue weighted by Gasteiger charge is 2.15. The zero-order valence-corrected chi connectivity index (χ0v) is 12.3. The molecule has 2 heterocycles. The van der Waals surface area contributed by atoms with Crippen molar-refractivity contribution in [3.8, 4) is 0 Å². The van der Waals surface area contributed by atoms with Crippen molar-refractivity contribution in [2.75, 3.05) is 20.6 Å². The van der Waals surface area contributed by atoms with E-state index in [0.717, 1.165) is 18.7 Å². The summed E-state index contributed by atoms with van der Waals surface area (Å²) in [5, 5.41) is 4.76. The lowest BCUT2D eigenvalue weighted by Gasteiger charge is -2.28. The minimum Gasteiger partial charge on any atom is -0.346 e. The molecule has 0 fully saturated rings. The molecule has 4 nitrogen and oxygen atoms in total. The molecular weight excluding hydrogens is 236 g/mol. The maximum Gasteiger partial charge on any atom is 0.137 e. The summed E-state index contributed by atoms with van der Waals surface area (Å²) < 4.78 is 0. The van der Waals surface area contributed by atoms with Crippen LogP contribution in [0.1, 0.15) is 19.4 Å². The van der Waals surface area contributed by atoms with Crippen LogP contribution >= 0.6 is 0 Å².